The van der Waals surface area contributed by atoms with Crippen LogP contribution in [0, 0.1) is 0 Å². The molecule has 0 aromatic rings. The highest BCUT2D eigenvalue weighted by Gasteiger charge is 2.21. The third-order valence-corrected chi connectivity index (χ3v) is 9.69. The molecule has 0 saturated carbocycles. The predicted molar refractivity (Wildman–Crippen MR) is 208 cm³/mol. The number of esters is 2. The highest BCUT2D eigenvalue weighted by Crippen LogP contribution is 2.38. The largest absolute Gasteiger partial charge is 0.756 e. The highest BCUT2D eigenvalue weighted by atomic mass is 31.2. The van der Waals surface area contributed by atoms with Crippen molar-refractivity contribution in [3.63, 3.8) is 0 Å². The lowest BCUT2D eigenvalue weighted by Crippen LogP contribution is -2.37. The number of quaternary nitrogens is 1. The Balaban J connectivity index is 4.35. The fraction of sp³-hybridized carbons (Fsp3) is 0.854. The van der Waals surface area contributed by atoms with E-state index in [9.17, 15) is 19.0 Å². The molecule has 2 atom stereocenters. The van der Waals surface area contributed by atoms with E-state index < -0.39 is 32.5 Å². The first kappa shape index (κ1) is 49.5. The molecule has 0 aliphatic rings. The standard InChI is InChI=1S/C41H78NO8P/c1-6-8-10-12-14-16-18-19-20-21-22-23-24-26-27-29-31-33-40(43)47-37-39(38-49-51(45,46)48-36-35-42(3,4)5)50-41(44)34-32-30-28-25-17-15-13-11-9-7-2/h14,16,19-20,39H,6-13,15,17-18,21-38H2,1-5H3/b16-14+,20-19+/t39-/m0/s1. The molecule has 0 rings (SSSR count). The molecular weight excluding hydrogens is 665 g/mol. The molecule has 0 radical (unpaired) electrons. The molecule has 300 valence electrons. The summed E-state index contributed by atoms with van der Waals surface area (Å²) in [6.45, 7) is 4.17. The Bertz CT molecular complexity index is 933. The van der Waals surface area contributed by atoms with Gasteiger partial charge in [0.05, 0.1) is 27.7 Å². The number of hydrogen-bond acceptors (Lipinski definition) is 8. The van der Waals surface area contributed by atoms with Gasteiger partial charge in [0.25, 0.3) is 7.82 Å². The van der Waals surface area contributed by atoms with Gasteiger partial charge in [0.1, 0.15) is 19.8 Å². The minimum Gasteiger partial charge on any atom is -0.756 e. The van der Waals surface area contributed by atoms with E-state index in [0.29, 0.717) is 17.4 Å². The summed E-state index contributed by atoms with van der Waals surface area (Å²) in [5, 5.41) is 0. The molecule has 10 heteroatoms. The molecule has 9 nitrogen and oxygen atoms in total. The summed E-state index contributed by atoms with van der Waals surface area (Å²) in [5.74, 6) is -0.843. The topological polar surface area (TPSA) is 111 Å². The summed E-state index contributed by atoms with van der Waals surface area (Å²) >= 11 is 0. The maximum Gasteiger partial charge on any atom is 0.306 e. The van der Waals surface area contributed by atoms with Gasteiger partial charge in [0.15, 0.2) is 6.10 Å². The maximum absolute atomic E-state index is 12.6. The van der Waals surface area contributed by atoms with Crippen LogP contribution in [-0.2, 0) is 32.7 Å². The van der Waals surface area contributed by atoms with Crippen LogP contribution in [0.25, 0.3) is 0 Å². The van der Waals surface area contributed by atoms with Gasteiger partial charge in [-0.15, -0.1) is 0 Å². The van der Waals surface area contributed by atoms with Crippen molar-refractivity contribution in [1.29, 1.82) is 0 Å². The first-order valence-electron chi connectivity index (χ1n) is 20.5. The van der Waals surface area contributed by atoms with E-state index in [-0.39, 0.29) is 26.1 Å². The van der Waals surface area contributed by atoms with Crippen molar-refractivity contribution in [2.24, 2.45) is 0 Å². The minimum absolute atomic E-state index is 0.0306. The van der Waals surface area contributed by atoms with Crippen LogP contribution in [0.3, 0.4) is 0 Å². The number of rotatable bonds is 37. The molecule has 1 unspecified atom stereocenters. The smallest absolute Gasteiger partial charge is 0.306 e. The van der Waals surface area contributed by atoms with E-state index in [1.165, 1.54) is 83.5 Å². The molecule has 51 heavy (non-hydrogen) atoms. The molecule has 0 aliphatic carbocycles. The number of unbranched alkanes of at least 4 members (excludes halogenated alkanes) is 19. The molecule has 0 fully saturated rings. The van der Waals surface area contributed by atoms with E-state index >= 15 is 0 Å². The molecular formula is C41H78NO8P. The number of likely N-dealkylation sites (N-methyl/N-ethyl adjacent to an activating group) is 1. The summed E-state index contributed by atoms with van der Waals surface area (Å²) < 4.78 is 33.8. The van der Waals surface area contributed by atoms with Gasteiger partial charge in [-0.3, -0.25) is 14.2 Å². The minimum atomic E-state index is -4.62. The number of carbonyl (C=O) groups is 2. The lowest BCUT2D eigenvalue weighted by Gasteiger charge is -2.28. The lowest BCUT2D eigenvalue weighted by atomic mass is 10.1. The second-order valence-electron chi connectivity index (χ2n) is 15.0. The lowest BCUT2D eigenvalue weighted by molar-refractivity contribution is -0.870. The predicted octanol–water partition coefficient (Wildman–Crippen LogP) is 10.6. The number of allylic oxidation sites excluding steroid dienone is 4. The van der Waals surface area contributed by atoms with Crippen molar-refractivity contribution in [2.45, 2.75) is 180 Å². The van der Waals surface area contributed by atoms with Crippen molar-refractivity contribution in [3.8, 4) is 0 Å². The summed E-state index contributed by atoms with van der Waals surface area (Å²) in [7, 11) is 1.16. The quantitative estimate of drug-likeness (QED) is 0.0203. The number of hydrogen-bond donors (Lipinski definition) is 0. The monoisotopic (exact) mass is 744 g/mol. The van der Waals surface area contributed by atoms with Gasteiger partial charge < -0.3 is 27.9 Å². The molecule has 0 bridgehead atoms. The zero-order valence-electron chi connectivity index (χ0n) is 33.6. The average molecular weight is 744 g/mol. The molecule has 0 N–H and O–H groups in total. The molecule has 0 saturated heterocycles. The Kier molecular flexibility index (Phi) is 33.3. The van der Waals surface area contributed by atoms with Crippen LogP contribution in [0.5, 0.6) is 0 Å². The third kappa shape index (κ3) is 38.0. The number of phosphoric ester groups is 1. The Morgan fingerprint density at radius 2 is 1.06 bits per heavy atom. The Labute approximate surface area is 313 Å². The van der Waals surface area contributed by atoms with Crippen LogP contribution in [0.2, 0.25) is 0 Å². The Morgan fingerprint density at radius 1 is 0.608 bits per heavy atom. The normalized spacial score (nSPS) is 13.9. The van der Waals surface area contributed by atoms with E-state index in [2.05, 4.69) is 38.2 Å². The maximum atomic E-state index is 12.6. The Hall–Kier alpha value is -1.51. The van der Waals surface area contributed by atoms with Gasteiger partial charge in [0.2, 0.25) is 0 Å². The van der Waals surface area contributed by atoms with E-state index in [1.54, 1.807) is 0 Å². The molecule has 0 aliphatic heterocycles. The third-order valence-electron chi connectivity index (χ3n) is 8.72. The van der Waals surface area contributed by atoms with Crippen LogP contribution in [0.1, 0.15) is 174 Å². The fourth-order valence-corrected chi connectivity index (χ4v) is 6.18. The number of nitrogens with zero attached hydrogens (tertiary/aromatic N) is 1. The van der Waals surface area contributed by atoms with Crippen LogP contribution in [-0.4, -0.2) is 70.0 Å². The van der Waals surface area contributed by atoms with Gasteiger partial charge in [-0.05, 0) is 44.9 Å². The second-order valence-corrected chi connectivity index (χ2v) is 16.4. The van der Waals surface area contributed by atoms with Crippen LogP contribution in [0.4, 0.5) is 0 Å². The van der Waals surface area contributed by atoms with Crippen LogP contribution >= 0.6 is 7.82 Å². The molecule has 0 aromatic carbocycles. The van der Waals surface area contributed by atoms with Crippen molar-refractivity contribution < 1.29 is 42.1 Å². The zero-order chi connectivity index (χ0) is 37.9. The number of phosphoric acid groups is 1. The van der Waals surface area contributed by atoms with Crippen molar-refractivity contribution in [1.82, 2.24) is 0 Å². The summed E-state index contributed by atoms with van der Waals surface area (Å²) in [5.41, 5.74) is 0. The van der Waals surface area contributed by atoms with E-state index in [1.807, 2.05) is 21.1 Å². The summed E-state index contributed by atoms with van der Waals surface area (Å²) in [6.07, 6.45) is 34.9. The van der Waals surface area contributed by atoms with Gasteiger partial charge in [-0.2, -0.15) is 0 Å². The van der Waals surface area contributed by atoms with Gasteiger partial charge >= 0.3 is 11.9 Å². The first-order valence-corrected chi connectivity index (χ1v) is 22.0. The summed E-state index contributed by atoms with van der Waals surface area (Å²) in [4.78, 5) is 37.3. The molecule has 0 amide bonds. The fourth-order valence-electron chi connectivity index (χ4n) is 5.45. The summed E-state index contributed by atoms with van der Waals surface area (Å²) in [6, 6.07) is 0. The Morgan fingerprint density at radius 3 is 1.59 bits per heavy atom. The number of ether oxygens (including phenoxy) is 2. The van der Waals surface area contributed by atoms with Crippen LogP contribution < -0.4 is 4.89 Å². The van der Waals surface area contributed by atoms with Crippen molar-refractivity contribution in [2.75, 3.05) is 47.5 Å². The van der Waals surface area contributed by atoms with Gasteiger partial charge in [-0.25, -0.2) is 0 Å². The average Bonchev–Trinajstić information content (AvgIpc) is 3.07. The highest BCUT2D eigenvalue weighted by molar-refractivity contribution is 7.45. The second kappa shape index (κ2) is 34.3. The molecule has 0 aromatic heterocycles. The van der Waals surface area contributed by atoms with Gasteiger partial charge in [0, 0.05) is 12.8 Å². The molecule has 0 heterocycles. The zero-order valence-corrected chi connectivity index (χ0v) is 34.4. The molecule has 0 spiro atoms. The van der Waals surface area contributed by atoms with E-state index in [4.69, 9.17) is 18.5 Å². The first-order chi connectivity index (χ1) is 24.5. The van der Waals surface area contributed by atoms with Gasteiger partial charge in [-0.1, -0.05) is 141 Å². The van der Waals surface area contributed by atoms with Crippen molar-refractivity contribution in [3.05, 3.63) is 24.3 Å². The van der Waals surface area contributed by atoms with Crippen LogP contribution in [0.15, 0.2) is 24.3 Å². The van der Waals surface area contributed by atoms with Crippen molar-refractivity contribution >= 4 is 19.8 Å². The van der Waals surface area contributed by atoms with E-state index in [0.717, 1.165) is 57.8 Å². The number of carbonyl (C=O) groups excluding carboxylic acids is 2. The SMILES string of the molecule is CCCCC/C=C/C/C=C/CCCCCCCCCC(=O)OC[C@@H](COP(=O)([O-])OCC[N+](C)(C)C)OC(=O)CCCCCCCCCCCC.